The zero-order valence-corrected chi connectivity index (χ0v) is 11.4. The third-order valence-electron chi connectivity index (χ3n) is 3.93. The summed E-state index contributed by atoms with van der Waals surface area (Å²) in [6, 6.07) is 0. The van der Waals surface area contributed by atoms with Crippen LogP contribution in [0.3, 0.4) is 0 Å². The minimum atomic E-state index is 0.0187. The van der Waals surface area contributed by atoms with Gasteiger partial charge in [-0.1, -0.05) is 6.42 Å². The SMILES string of the molecule is Cc1c(-c2nc3c(c(=O)[nH]2)CCCCC3)cnn1C. The van der Waals surface area contributed by atoms with E-state index in [1.54, 1.807) is 10.9 Å². The van der Waals surface area contributed by atoms with Crippen molar-refractivity contribution in [2.24, 2.45) is 7.05 Å². The first-order chi connectivity index (χ1) is 9.16. The number of nitrogens with zero attached hydrogens (tertiary/aromatic N) is 3. The van der Waals surface area contributed by atoms with Crippen molar-refractivity contribution in [3.8, 4) is 11.4 Å². The van der Waals surface area contributed by atoms with Gasteiger partial charge in [-0.15, -0.1) is 0 Å². The van der Waals surface area contributed by atoms with Gasteiger partial charge in [0.05, 0.1) is 17.5 Å². The summed E-state index contributed by atoms with van der Waals surface area (Å²) < 4.78 is 1.79. The standard InChI is InChI=1S/C14H18N4O/c1-9-11(8-15-18(9)2)13-16-12-7-5-3-4-6-10(12)14(19)17-13/h8H,3-7H2,1-2H3,(H,16,17,19). The van der Waals surface area contributed by atoms with E-state index in [-0.39, 0.29) is 5.56 Å². The summed E-state index contributed by atoms with van der Waals surface area (Å²) in [5.74, 6) is 0.649. The molecule has 0 radical (unpaired) electrons. The number of hydrogen-bond donors (Lipinski definition) is 1. The maximum Gasteiger partial charge on any atom is 0.254 e. The average Bonchev–Trinajstić information content (AvgIpc) is 2.62. The summed E-state index contributed by atoms with van der Waals surface area (Å²) in [7, 11) is 1.89. The second-order valence-electron chi connectivity index (χ2n) is 5.17. The van der Waals surface area contributed by atoms with Crippen molar-refractivity contribution in [3.63, 3.8) is 0 Å². The summed E-state index contributed by atoms with van der Waals surface area (Å²) in [5.41, 5.74) is 3.79. The molecule has 1 aliphatic rings. The minimum absolute atomic E-state index is 0.0187. The molecule has 0 unspecified atom stereocenters. The fourth-order valence-corrected chi connectivity index (χ4v) is 2.64. The molecule has 2 aromatic heterocycles. The van der Waals surface area contributed by atoms with Crippen LogP contribution in [-0.4, -0.2) is 19.7 Å². The van der Waals surface area contributed by atoms with Gasteiger partial charge in [0.15, 0.2) is 0 Å². The Balaban J connectivity index is 2.14. The highest BCUT2D eigenvalue weighted by atomic mass is 16.1. The molecule has 1 N–H and O–H groups in total. The van der Waals surface area contributed by atoms with E-state index < -0.39 is 0 Å². The molecular formula is C14H18N4O. The highest BCUT2D eigenvalue weighted by Crippen LogP contribution is 2.21. The normalized spacial score (nSPS) is 15.1. The Hall–Kier alpha value is -1.91. The Morgan fingerprint density at radius 2 is 2.05 bits per heavy atom. The lowest BCUT2D eigenvalue weighted by Crippen LogP contribution is -2.18. The van der Waals surface area contributed by atoms with Gasteiger partial charge in [0.2, 0.25) is 0 Å². The van der Waals surface area contributed by atoms with Crippen LogP contribution in [0.15, 0.2) is 11.0 Å². The van der Waals surface area contributed by atoms with Gasteiger partial charge in [-0.05, 0) is 32.6 Å². The van der Waals surface area contributed by atoms with Crippen LogP contribution in [0.4, 0.5) is 0 Å². The van der Waals surface area contributed by atoms with Gasteiger partial charge in [-0.2, -0.15) is 5.10 Å². The molecule has 3 rings (SSSR count). The van der Waals surface area contributed by atoms with Crippen LogP contribution in [0.25, 0.3) is 11.4 Å². The molecule has 0 fully saturated rings. The Morgan fingerprint density at radius 3 is 2.79 bits per heavy atom. The highest BCUT2D eigenvalue weighted by Gasteiger charge is 2.16. The van der Waals surface area contributed by atoms with Crippen LogP contribution in [0.5, 0.6) is 0 Å². The first-order valence-electron chi connectivity index (χ1n) is 6.78. The van der Waals surface area contributed by atoms with Gasteiger partial charge < -0.3 is 4.98 Å². The summed E-state index contributed by atoms with van der Waals surface area (Å²) in [6.07, 6.45) is 6.90. The number of fused-ring (bicyclic) bond motifs is 1. The van der Waals surface area contributed by atoms with Gasteiger partial charge >= 0.3 is 0 Å². The van der Waals surface area contributed by atoms with Gasteiger partial charge in [0, 0.05) is 18.3 Å². The van der Waals surface area contributed by atoms with Gasteiger partial charge in [-0.3, -0.25) is 9.48 Å². The summed E-state index contributed by atoms with van der Waals surface area (Å²) >= 11 is 0. The topological polar surface area (TPSA) is 63.6 Å². The molecule has 2 heterocycles. The van der Waals surface area contributed by atoms with E-state index in [2.05, 4.69) is 15.1 Å². The van der Waals surface area contributed by atoms with E-state index in [1.165, 1.54) is 6.42 Å². The van der Waals surface area contributed by atoms with Gasteiger partial charge in [0.25, 0.3) is 5.56 Å². The fourth-order valence-electron chi connectivity index (χ4n) is 2.64. The summed E-state index contributed by atoms with van der Waals surface area (Å²) in [5, 5.41) is 4.21. The van der Waals surface area contributed by atoms with E-state index in [0.717, 1.165) is 48.2 Å². The Morgan fingerprint density at radius 1 is 1.26 bits per heavy atom. The van der Waals surface area contributed by atoms with E-state index in [0.29, 0.717) is 5.82 Å². The molecule has 100 valence electrons. The molecule has 5 heteroatoms. The molecule has 0 saturated carbocycles. The number of H-pyrrole nitrogens is 1. The number of nitrogens with one attached hydrogen (secondary N) is 1. The molecule has 0 aromatic carbocycles. The van der Waals surface area contributed by atoms with E-state index in [4.69, 9.17) is 0 Å². The lowest BCUT2D eigenvalue weighted by molar-refractivity contribution is 0.708. The lowest BCUT2D eigenvalue weighted by atomic mass is 10.1. The van der Waals surface area contributed by atoms with Crippen LogP contribution < -0.4 is 5.56 Å². The predicted molar refractivity (Wildman–Crippen MR) is 73.1 cm³/mol. The first-order valence-corrected chi connectivity index (χ1v) is 6.78. The molecule has 0 amide bonds. The van der Waals surface area contributed by atoms with Gasteiger partial charge in [-0.25, -0.2) is 4.98 Å². The van der Waals surface area contributed by atoms with Crippen LogP contribution in [0.2, 0.25) is 0 Å². The predicted octanol–water partition coefficient (Wildman–Crippen LogP) is 1.75. The molecule has 0 saturated heterocycles. The smallest absolute Gasteiger partial charge is 0.254 e. The molecule has 19 heavy (non-hydrogen) atoms. The largest absolute Gasteiger partial charge is 0.306 e. The third-order valence-corrected chi connectivity index (χ3v) is 3.93. The fraction of sp³-hybridized carbons (Fsp3) is 0.500. The Bertz CT molecular complexity index is 669. The Kier molecular flexibility index (Phi) is 2.97. The van der Waals surface area contributed by atoms with Crippen LogP contribution in [0, 0.1) is 6.92 Å². The molecule has 0 spiro atoms. The van der Waals surface area contributed by atoms with Gasteiger partial charge in [0.1, 0.15) is 5.82 Å². The number of hydrogen-bond acceptors (Lipinski definition) is 3. The van der Waals surface area contributed by atoms with Crippen LogP contribution in [0.1, 0.15) is 36.2 Å². The summed E-state index contributed by atoms with van der Waals surface area (Å²) in [4.78, 5) is 19.8. The second kappa shape index (κ2) is 4.64. The lowest BCUT2D eigenvalue weighted by Gasteiger charge is -2.07. The molecule has 0 atom stereocenters. The maximum absolute atomic E-state index is 12.2. The van der Waals surface area contributed by atoms with E-state index in [1.807, 2.05) is 14.0 Å². The van der Waals surface area contributed by atoms with Crippen LogP contribution >= 0.6 is 0 Å². The second-order valence-corrected chi connectivity index (χ2v) is 5.17. The van der Waals surface area contributed by atoms with Crippen molar-refractivity contribution in [1.82, 2.24) is 19.7 Å². The van der Waals surface area contributed by atoms with E-state index >= 15 is 0 Å². The number of rotatable bonds is 1. The molecule has 5 nitrogen and oxygen atoms in total. The number of aromatic amines is 1. The maximum atomic E-state index is 12.2. The van der Waals surface area contributed by atoms with Crippen molar-refractivity contribution < 1.29 is 0 Å². The van der Waals surface area contributed by atoms with Crippen molar-refractivity contribution >= 4 is 0 Å². The number of aryl methyl sites for hydroxylation is 2. The molecule has 2 aromatic rings. The first kappa shape index (κ1) is 12.1. The zero-order chi connectivity index (χ0) is 13.4. The van der Waals surface area contributed by atoms with Crippen molar-refractivity contribution in [3.05, 3.63) is 33.5 Å². The Labute approximate surface area is 111 Å². The van der Waals surface area contributed by atoms with Crippen molar-refractivity contribution in [2.75, 3.05) is 0 Å². The minimum Gasteiger partial charge on any atom is -0.306 e. The molecule has 0 bridgehead atoms. The molecule has 0 aliphatic heterocycles. The van der Waals surface area contributed by atoms with Crippen molar-refractivity contribution in [1.29, 1.82) is 0 Å². The van der Waals surface area contributed by atoms with Crippen LogP contribution in [-0.2, 0) is 19.9 Å². The zero-order valence-electron chi connectivity index (χ0n) is 11.4. The van der Waals surface area contributed by atoms with Crippen molar-refractivity contribution in [2.45, 2.75) is 39.0 Å². The highest BCUT2D eigenvalue weighted by molar-refractivity contribution is 5.57. The summed E-state index contributed by atoms with van der Waals surface area (Å²) in [6.45, 7) is 1.98. The van der Waals surface area contributed by atoms with E-state index in [9.17, 15) is 4.79 Å². The third kappa shape index (κ3) is 2.09. The monoisotopic (exact) mass is 258 g/mol. The molecule has 1 aliphatic carbocycles. The number of aromatic nitrogens is 4. The average molecular weight is 258 g/mol. The quantitative estimate of drug-likeness (QED) is 0.793. The molecular weight excluding hydrogens is 240 g/mol.